The summed E-state index contributed by atoms with van der Waals surface area (Å²) in [7, 11) is 0. The maximum Gasteiger partial charge on any atom is 0.291 e. The number of carbonyl (C=O) groups excluding carboxylic acids is 1. The lowest BCUT2D eigenvalue weighted by atomic mass is 10.3. The van der Waals surface area contributed by atoms with Crippen LogP contribution in [-0.4, -0.2) is 33.8 Å². The number of para-hydroxylation sites is 1. The molecule has 1 aromatic carbocycles. The fraction of sp³-hybridized carbons (Fsp3) is 0.250. The molecule has 0 atom stereocenters. The normalized spacial score (nSPS) is 10.1. The van der Waals surface area contributed by atoms with E-state index in [2.05, 4.69) is 15.4 Å². The van der Waals surface area contributed by atoms with Gasteiger partial charge in [-0.15, -0.1) is 17.5 Å². The van der Waals surface area contributed by atoms with Crippen LogP contribution in [0.5, 0.6) is 0 Å². The van der Waals surface area contributed by atoms with E-state index < -0.39 is 0 Å². The number of benzene rings is 1. The number of nitrogens with zero attached hydrogens (tertiary/aromatic N) is 3. The summed E-state index contributed by atoms with van der Waals surface area (Å²) in [5.74, 6) is 0.172. The van der Waals surface area contributed by atoms with E-state index in [1.54, 1.807) is 25.1 Å². The van der Waals surface area contributed by atoms with Gasteiger partial charge < -0.3 is 11.1 Å². The summed E-state index contributed by atoms with van der Waals surface area (Å²) in [5.41, 5.74) is 5.82. The molecule has 0 bridgehead atoms. The van der Waals surface area contributed by atoms with Crippen molar-refractivity contribution in [2.45, 2.75) is 6.92 Å². The third kappa shape index (κ3) is 3.85. The number of nitrogens with one attached hydrogen (secondary N) is 1. The molecular formula is C12H14Cl3N5O. The number of aromatic nitrogens is 3. The van der Waals surface area contributed by atoms with E-state index in [4.69, 9.17) is 28.9 Å². The van der Waals surface area contributed by atoms with Gasteiger partial charge in [0.25, 0.3) is 5.91 Å². The monoisotopic (exact) mass is 349 g/mol. The maximum absolute atomic E-state index is 11.8. The Kier molecular flexibility index (Phi) is 6.42. The van der Waals surface area contributed by atoms with E-state index >= 15 is 0 Å². The molecule has 1 heterocycles. The first-order valence-corrected chi connectivity index (χ1v) is 6.66. The van der Waals surface area contributed by atoms with Crippen molar-refractivity contribution in [3.05, 3.63) is 39.9 Å². The number of amides is 1. The van der Waals surface area contributed by atoms with E-state index in [0.717, 1.165) is 0 Å². The predicted octanol–water partition coefficient (Wildman–Crippen LogP) is 1.99. The predicted molar refractivity (Wildman–Crippen MR) is 84.8 cm³/mol. The highest BCUT2D eigenvalue weighted by molar-refractivity contribution is 6.37. The summed E-state index contributed by atoms with van der Waals surface area (Å²) in [6.45, 7) is 2.42. The number of rotatable bonds is 4. The molecule has 0 spiro atoms. The standard InChI is InChI=1S/C12H13Cl2N5O.ClH/c1-7-17-11(12(20)16-6-5-15)18-19(7)10-8(13)3-2-4-9(10)14;/h2-4H,5-6,15H2,1H3,(H,16,20);1H. The number of hydrogen-bond donors (Lipinski definition) is 2. The van der Waals surface area contributed by atoms with Crippen LogP contribution in [0.4, 0.5) is 0 Å². The zero-order valence-corrected chi connectivity index (χ0v) is 13.5. The third-order valence-corrected chi connectivity index (χ3v) is 3.16. The van der Waals surface area contributed by atoms with Crippen LogP contribution in [0.2, 0.25) is 10.0 Å². The first-order valence-electron chi connectivity index (χ1n) is 5.91. The van der Waals surface area contributed by atoms with E-state index in [0.29, 0.717) is 34.6 Å². The zero-order chi connectivity index (χ0) is 14.7. The smallest absolute Gasteiger partial charge is 0.291 e. The summed E-state index contributed by atoms with van der Waals surface area (Å²) in [4.78, 5) is 15.9. The maximum atomic E-state index is 11.8. The number of carbonyl (C=O) groups is 1. The molecule has 2 aromatic rings. The largest absolute Gasteiger partial charge is 0.348 e. The molecule has 0 aliphatic heterocycles. The number of aryl methyl sites for hydroxylation is 1. The summed E-state index contributed by atoms with van der Waals surface area (Å²) in [6.07, 6.45) is 0. The second-order valence-electron chi connectivity index (χ2n) is 4.01. The van der Waals surface area contributed by atoms with Gasteiger partial charge in [0.15, 0.2) is 0 Å². The van der Waals surface area contributed by atoms with Gasteiger partial charge in [-0.2, -0.15) is 0 Å². The van der Waals surface area contributed by atoms with Gasteiger partial charge in [0.2, 0.25) is 5.82 Å². The molecule has 1 amide bonds. The third-order valence-electron chi connectivity index (χ3n) is 2.55. The van der Waals surface area contributed by atoms with Crippen molar-refractivity contribution in [1.82, 2.24) is 20.1 Å². The minimum Gasteiger partial charge on any atom is -0.348 e. The van der Waals surface area contributed by atoms with Crippen molar-refractivity contribution in [2.24, 2.45) is 5.73 Å². The van der Waals surface area contributed by atoms with Gasteiger partial charge in [0.05, 0.1) is 10.0 Å². The van der Waals surface area contributed by atoms with Crippen molar-refractivity contribution in [3.8, 4) is 5.69 Å². The van der Waals surface area contributed by atoms with Crippen LogP contribution in [0.3, 0.4) is 0 Å². The Morgan fingerprint density at radius 3 is 2.57 bits per heavy atom. The lowest BCUT2D eigenvalue weighted by molar-refractivity contribution is 0.0944. The Morgan fingerprint density at radius 2 is 2.00 bits per heavy atom. The summed E-state index contributed by atoms with van der Waals surface area (Å²) >= 11 is 12.2. The van der Waals surface area contributed by atoms with Crippen molar-refractivity contribution in [2.75, 3.05) is 13.1 Å². The van der Waals surface area contributed by atoms with Gasteiger partial charge in [0.1, 0.15) is 11.5 Å². The molecule has 1 aromatic heterocycles. The van der Waals surface area contributed by atoms with Crippen LogP contribution in [0, 0.1) is 6.92 Å². The van der Waals surface area contributed by atoms with Crippen LogP contribution >= 0.6 is 35.6 Å². The average Bonchev–Trinajstić information content (AvgIpc) is 2.78. The highest BCUT2D eigenvalue weighted by Crippen LogP contribution is 2.28. The average molecular weight is 351 g/mol. The number of halogens is 3. The van der Waals surface area contributed by atoms with E-state index in [-0.39, 0.29) is 24.1 Å². The molecule has 0 aliphatic rings. The van der Waals surface area contributed by atoms with Crippen molar-refractivity contribution in [1.29, 1.82) is 0 Å². The lowest BCUT2D eigenvalue weighted by Gasteiger charge is -2.07. The second-order valence-corrected chi connectivity index (χ2v) is 4.82. The molecule has 0 saturated heterocycles. The quantitative estimate of drug-likeness (QED) is 0.883. The molecule has 21 heavy (non-hydrogen) atoms. The van der Waals surface area contributed by atoms with Crippen LogP contribution in [0.15, 0.2) is 18.2 Å². The first kappa shape index (κ1) is 17.7. The highest BCUT2D eigenvalue weighted by atomic mass is 35.5. The molecule has 2 rings (SSSR count). The molecule has 0 aliphatic carbocycles. The molecule has 6 nitrogen and oxygen atoms in total. The van der Waals surface area contributed by atoms with Crippen LogP contribution in [-0.2, 0) is 0 Å². The molecule has 0 radical (unpaired) electrons. The Morgan fingerprint density at radius 1 is 1.38 bits per heavy atom. The first-order chi connectivity index (χ1) is 9.54. The minimum atomic E-state index is -0.388. The fourth-order valence-corrected chi connectivity index (χ4v) is 2.21. The summed E-state index contributed by atoms with van der Waals surface area (Å²) in [6, 6.07) is 5.12. The Labute approximate surface area is 138 Å². The fourth-order valence-electron chi connectivity index (χ4n) is 1.65. The second kappa shape index (κ2) is 7.61. The van der Waals surface area contributed by atoms with Gasteiger partial charge in [-0.3, -0.25) is 4.79 Å². The van der Waals surface area contributed by atoms with Crippen LogP contribution < -0.4 is 11.1 Å². The Balaban J connectivity index is 0.00000220. The zero-order valence-electron chi connectivity index (χ0n) is 11.1. The van der Waals surface area contributed by atoms with Gasteiger partial charge in [-0.1, -0.05) is 29.3 Å². The van der Waals surface area contributed by atoms with Crippen molar-refractivity contribution >= 4 is 41.5 Å². The minimum absolute atomic E-state index is 0. The van der Waals surface area contributed by atoms with Crippen LogP contribution in [0.1, 0.15) is 16.4 Å². The molecule has 114 valence electrons. The van der Waals surface area contributed by atoms with Gasteiger partial charge in [-0.05, 0) is 19.1 Å². The van der Waals surface area contributed by atoms with Crippen LogP contribution in [0.25, 0.3) is 5.69 Å². The SMILES string of the molecule is Cc1nc(C(=O)NCCN)nn1-c1c(Cl)cccc1Cl.Cl. The summed E-state index contributed by atoms with van der Waals surface area (Å²) < 4.78 is 1.45. The topological polar surface area (TPSA) is 85.8 Å². The lowest BCUT2D eigenvalue weighted by Crippen LogP contribution is -2.29. The van der Waals surface area contributed by atoms with Gasteiger partial charge in [0, 0.05) is 13.1 Å². The van der Waals surface area contributed by atoms with E-state index in [1.165, 1.54) is 4.68 Å². The van der Waals surface area contributed by atoms with Crippen molar-refractivity contribution in [3.63, 3.8) is 0 Å². The number of nitrogens with two attached hydrogens (primary N) is 1. The molecule has 9 heteroatoms. The Hall–Kier alpha value is -1.34. The van der Waals surface area contributed by atoms with Gasteiger partial charge in [-0.25, -0.2) is 9.67 Å². The Bertz CT molecular complexity index is 624. The molecule has 0 fully saturated rings. The van der Waals surface area contributed by atoms with Crippen molar-refractivity contribution < 1.29 is 4.79 Å². The van der Waals surface area contributed by atoms with E-state index in [9.17, 15) is 4.79 Å². The number of hydrogen-bond acceptors (Lipinski definition) is 4. The van der Waals surface area contributed by atoms with E-state index in [1.807, 2.05) is 0 Å². The summed E-state index contributed by atoms with van der Waals surface area (Å²) in [5, 5.41) is 7.60. The highest BCUT2D eigenvalue weighted by Gasteiger charge is 2.17. The molecule has 0 saturated carbocycles. The molecule has 3 N–H and O–H groups in total. The molecule has 0 unspecified atom stereocenters. The molecular weight excluding hydrogens is 337 g/mol. The van der Waals surface area contributed by atoms with Gasteiger partial charge >= 0.3 is 0 Å².